The Kier molecular flexibility index (Phi) is 6.04. The summed E-state index contributed by atoms with van der Waals surface area (Å²) in [7, 11) is 1.60. The normalized spacial score (nSPS) is 10.6. The summed E-state index contributed by atoms with van der Waals surface area (Å²) in [6.07, 6.45) is 1.67. The van der Waals surface area contributed by atoms with Gasteiger partial charge in [-0.25, -0.2) is 4.98 Å². The Morgan fingerprint density at radius 3 is 2.63 bits per heavy atom. The van der Waals surface area contributed by atoms with Crippen LogP contribution >= 0.6 is 0 Å². The molecule has 0 aliphatic carbocycles. The Morgan fingerprint density at radius 2 is 1.85 bits per heavy atom. The number of rotatable bonds is 8. The van der Waals surface area contributed by atoms with E-state index in [-0.39, 0.29) is 24.4 Å². The van der Waals surface area contributed by atoms with Gasteiger partial charge in [0, 0.05) is 13.0 Å². The number of aryl methyl sites for hydroxylation is 1. The summed E-state index contributed by atoms with van der Waals surface area (Å²) in [4.78, 5) is 28.6. The van der Waals surface area contributed by atoms with E-state index < -0.39 is 0 Å². The Labute approximate surface area is 156 Å². The summed E-state index contributed by atoms with van der Waals surface area (Å²) >= 11 is 0. The van der Waals surface area contributed by atoms with E-state index in [1.807, 2.05) is 18.2 Å². The molecule has 1 heterocycles. The molecule has 7 heteroatoms. The van der Waals surface area contributed by atoms with Gasteiger partial charge in [0.2, 0.25) is 5.91 Å². The number of nitrogens with one attached hydrogen (secondary N) is 1. The average Bonchev–Trinajstić information content (AvgIpc) is 2.71. The van der Waals surface area contributed by atoms with Crippen molar-refractivity contribution in [1.29, 1.82) is 0 Å². The average molecular weight is 367 g/mol. The molecule has 140 valence electrons. The first-order valence-corrected chi connectivity index (χ1v) is 8.65. The second kappa shape index (κ2) is 8.84. The van der Waals surface area contributed by atoms with Gasteiger partial charge in [-0.2, -0.15) is 0 Å². The molecule has 0 unspecified atom stereocenters. The first kappa shape index (κ1) is 18.4. The number of methoxy groups -OCH3 is 1. The number of amides is 1. The van der Waals surface area contributed by atoms with Gasteiger partial charge in [0.25, 0.3) is 5.56 Å². The summed E-state index contributed by atoms with van der Waals surface area (Å²) in [6.45, 7) is 1.02. The number of fused-ring (bicyclic) bond motifs is 1. The molecule has 7 nitrogen and oxygen atoms in total. The van der Waals surface area contributed by atoms with Crippen LogP contribution in [0.4, 0.5) is 0 Å². The zero-order valence-electron chi connectivity index (χ0n) is 15.1. The van der Waals surface area contributed by atoms with Crippen LogP contribution < -0.4 is 20.3 Å². The Hall–Kier alpha value is -3.35. The molecule has 0 atom stereocenters. The number of carbonyl (C=O) groups excluding carboxylic acids is 1. The third-order valence-electron chi connectivity index (χ3n) is 4.06. The van der Waals surface area contributed by atoms with Gasteiger partial charge >= 0.3 is 0 Å². The highest BCUT2D eigenvalue weighted by Crippen LogP contribution is 2.16. The molecule has 0 aliphatic heterocycles. The molecular formula is C20H21N3O4. The van der Waals surface area contributed by atoms with Crippen molar-refractivity contribution < 1.29 is 14.3 Å². The SMILES string of the molecule is COc1ccc(OCCNC(=O)CCn2cnc3ccccc3c2=O)cc1. The summed E-state index contributed by atoms with van der Waals surface area (Å²) < 4.78 is 12.1. The van der Waals surface area contributed by atoms with Crippen molar-refractivity contribution in [3.8, 4) is 11.5 Å². The molecule has 3 aromatic rings. The standard InChI is InChI=1S/C20H21N3O4/c1-26-15-6-8-16(9-7-15)27-13-11-21-19(24)10-12-23-14-22-18-5-3-2-4-17(18)20(23)25/h2-9,14H,10-13H2,1H3,(H,21,24). The minimum atomic E-state index is -0.145. The lowest BCUT2D eigenvalue weighted by atomic mass is 10.2. The number of hydrogen-bond acceptors (Lipinski definition) is 5. The molecule has 27 heavy (non-hydrogen) atoms. The van der Waals surface area contributed by atoms with Crippen molar-refractivity contribution in [2.75, 3.05) is 20.3 Å². The van der Waals surface area contributed by atoms with Crippen molar-refractivity contribution >= 4 is 16.8 Å². The maximum absolute atomic E-state index is 12.4. The third kappa shape index (κ3) is 4.84. The van der Waals surface area contributed by atoms with Gasteiger partial charge in [0.1, 0.15) is 18.1 Å². The highest BCUT2D eigenvalue weighted by atomic mass is 16.5. The summed E-state index contributed by atoms with van der Waals surface area (Å²) in [5.41, 5.74) is 0.509. The first-order chi connectivity index (χ1) is 13.2. The summed E-state index contributed by atoms with van der Waals surface area (Å²) in [5.74, 6) is 1.32. The molecule has 0 aliphatic rings. The number of nitrogens with zero attached hydrogens (tertiary/aromatic N) is 2. The largest absolute Gasteiger partial charge is 0.497 e. The predicted octanol–water partition coefficient (Wildman–Crippen LogP) is 1.99. The molecule has 0 spiro atoms. The lowest BCUT2D eigenvalue weighted by molar-refractivity contribution is -0.121. The van der Waals surface area contributed by atoms with Crippen LogP contribution in [0.25, 0.3) is 10.9 Å². The van der Waals surface area contributed by atoms with Crippen LogP contribution in [0, 0.1) is 0 Å². The molecular weight excluding hydrogens is 346 g/mol. The van der Waals surface area contributed by atoms with Crippen LogP contribution in [0.5, 0.6) is 11.5 Å². The summed E-state index contributed by atoms with van der Waals surface area (Å²) in [5, 5.41) is 3.33. The molecule has 0 fully saturated rings. The Balaban J connectivity index is 1.43. The molecule has 1 N–H and O–H groups in total. The van der Waals surface area contributed by atoms with E-state index in [2.05, 4.69) is 10.3 Å². The molecule has 1 amide bonds. The van der Waals surface area contributed by atoms with Crippen LogP contribution in [0.1, 0.15) is 6.42 Å². The van der Waals surface area contributed by atoms with Gasteiger partial charge in [0.05, 0.1) is 30.9 Å². The van der Waals surface area contributed by atoms with E-state index in [1.54, 1.807) is 37.4 Å². The van der Waals surface area contributed by atoms with Crippen molar-refractivity contribution in [1.82, 2.24) is 14.9 Å². The topological polar surface area (TPSA) is 82.4 Å². The van der Waals surface area contributed by atoms with Crippen LogP contribution in [0.2, 0.25) is 0 Å². The molecule has 3 rings (SSSR count). The lowest BCUT2D eigenvalue weighted by Crippen LogP contribution is -2.30. The Bertz CT molecular complexity index is 967. The van der Waals surface area contributed by atoms with Crippen LogP contribution in [0.15, 0.2) is 59.7 Å². The van der Waals surface area contributed by atoms with Gasteiger partial charge in [-0.3, -0.25) is 14.2 Å². The van der Waals surface area contributed by atoms with Crippen LogP contribution in [0.3, 0.4) is 0 Å². The highest BCUT2D eigenvalue weighted by molar-refractivity contribution is 5.77. The van der Waals surface area contributed by atoms with Crippen LogP contribution in [-0.4, -0.2) is 35.7 Å². The van der Waals surface area contributed by atoms with Crippen molar-refractivity contribution in [3.63, 3.8) is 0 Å². The fourth-order valence-corrected chi connectivity index (χ4v) is 2.61. The van der Waals surface area contributed by atoms with Crippen molar-refractivity contribution in [2.24, 2.45) is 0 Å². The number of aromatic nitrogens is 2. The van der Waals surface area contributed by atoms with E-state index in [4.69, 9.17) is 9.47 Å². The fraction of sp³-hybridized carbons (Fsp3) is 0.250. The molecule has 0 saturated heterocycles. The van der Waals surface area contributed by atoms with Crippen molar-refractivity contribution in [3.05, 3.63) is 65.2 Å². The molecule has 0 bridgehead atoms. The molecule has 0 radical (unpaired) electrons. The summed E-state index contributed by atoms with van der Waals surface area (Å²) in [6, 6.07) is 14.4. The number of para-hydroxylation sites is 1. The van der Waals surface area contributed by atoms with E-state index in [0.29, 0.717) is 29.8 Å². The maximum atomic E-state index is 12.4. The third-order valence-corrected chi connectivity index (χ3v) is 4.06. The minimum absolute atomic E-state index is 0.142. The number of hydrogen-bond donors (Lipinski definition) is 1. The Morgan fingerprint density at radius 1 is 1.11 bits per heavy atom. The van der Waals surface area contributed by atoms with Gasteiger partial charge < -0.3 is 14.8 Å². The zero-order valence-corrected chi connectivity index (χ0v) is 15.1. The smallest absolute Gasteiger partial charge is 0.261 e. The molecule has 2 aromatic carbocycles. The fourth-order valence-electron chi connectivity index (χ4n) is 2.61. The quantitative estimate of drug-likeness (QED) is 0.616. The lowest BCUT2D eigenvalue weighted by Gasteiger charge is -2.09. The van der Waals surface area contributed by atoms with Crippen LogP contribution in [-0.2, 0) is 11.3 Å². The minimum Gasteiger partial charge on any atom is -0.497 e. The first-order valence-electron chi connectivity index (χ1n) is 8.65. The number of carbonyl (C=O) groups is 1. The molecule has 0 saturated carbocycles. The monoisotopic (exact) mass is 367 g/mol. The predicted molar refractivity (Wildman–Crippen MR) is 102 cm³/mol. The second-order valence-corrected chi connectivity index (χ2v) is 5.88. The van der Waals surface area contributed by atoms with E-state index >= 15 is 0 Å². The van der Waals surface area contributed by atoms with Crippen molar-refractivity contribution in [2.45, 2.75) is 13.0 Å². The van der Waals surface area contributed by atoms with Gasteiger partial charge in [-0.05, 0) is 36.4 Å². The molecule has 1 aromatic heterocycles. The number of benzene rings is 2. The van der Waals surface area contributed by atoms with E-state index in [1.165, 1.54) is 10.9 Å². The number of ether oxygens (including phenoxy) is 2. The highest BCUT2D eigenvalue weighted by Gasteiger charge is 2.06. The zero-order chi connectivity index (χ0) is 19.1. The van der Waals surface area contributed by atoms with Gasteiger partial charge in [-0.1, -0.05) is 12.1 Å². The van der Waals surface area contributed by atoms with Gasteiger partial charge in [-0.15, -0.1) is 0 Å². The second-order valence-electron chi connectivity index (χ2n) is 5.88. The van der Waals surface area contributed by atoms with E-state index in [0.717, 1.165) is 5.75 Å². The van der Waals surface area contributed by atoms with Gasteiger partial charge in [0.15, 0.2) is 0 Å². The van der Waals surface area contributed by atoms with E-state index in [9.17, 15) is 9.59 Å². The maximum Gasteiger partial charge on any atom is 0.261 e.